The molecule has 6 heteroatoms. The molecule has 1 aromatic heterocycles. The van der Waals surface area contributed by atoms with Crippen molar-refractivity contribution >= 4 is 29.0 Å². The van der Waals surface area contributed by atoms with Gasteiger partial charge in [-0.2, -0.15) is 0 Å². The molecule has 1 rings (SSSR count). The van der Waals surface area contributed by atoms with Crippen LogP contribution in [0.1, 0.15) is 4.88 Å². The number of carbonyl (C=O) groups excluding carboxylic acids is 1. The fourth-order valence-corrected chi connectivity index (χ4v) is 2.25. The SMILES string of the molecule is CN(CCO)C(=O)NCCc1ccc(Cl)s1. The largest absolute Gasteiger partial charge is 0.395 e. The van der Waals surface area contributed by atoms with E-state index in [0.717, 1.165) is 15.6 Å². The van der Waals surface area contributed by atoms with E-state index in [1.807, 2.05) is 12.1 Å². The van der Waals surface area contributed by atoms with Gasteiger partial charge in [0.1, 0.15) is 0 Å². The number of rotatable bonds is 5. The molecule has 0 atom stereocenters. The van der Waals surface area contributed by atoms with E-state index in [9.17, 15) is 4.79 Å². The molecule has 0 spiro atoms. The summed E-state index contributed by atoms with van der Waals surface area (Å²) in [5, 5.41) is 11.4. The summed E-state index contributed by atoms with van der Waals surface area (Å²) in [4.78, 5) is 14.0. The second kappa shape index (κ2) is 6.73. The van der Waals surface area contributed by atoms with E-state index in [0.29, 0.717) is 13.1 Å². The number of amides is 2. The third-order valence-electron chi connectivity index (χ3n) is 2.06. The highest BCUT2D eigenvalue weighted by Gasteiger charge is 2.06. The molecule has 2 N–H and O–H groups in total. The van der Waals surface area contributed by atoms with Gasteiger partial charge in [0.15, 0.2) is 0 Å². The molecule has 1 aromatic rings. The molecule has 0 aliphatic heterocycles. The van der Waals surface area contributed by atoms with Gasteiger partial charge in [-0.15, -0.1) is 11.3 Å². The molecule has 4 nitrogen and oxygen atoms in total. The molecule has 0 saturated heterocycles. The number of nitrogens with one attached hydrogen (secondary N) is 1. The van der Waals surface area contributed by atoms with Crippen LogP contribution in [0, 0.1) is 0 Å². The first kappa shape index (κ1) is 13.3. The maximum absolute atomic E-state index is 11.4. The monoisotopic (exact) mass is 262 g/mol. The van der Waals surface area contributed by atoms with Crippen molar-refractivity contribution in [3.05, 3.63) is 21.3 Å². The molecule has 0 aromatic carbocycles. The number of hydrogen-bond donors (Lipinski definition) is 2. The summed E-state index contributed by atoms with van der Waals surface area (Å²) in [6.07, 6.45) is 0.774. The molecule has 0 saturated carbocycles. The Hall–Kier alpha value is -0.780. The standard InChI is InChI=1S/C10H15ClN2O2S/c1-13(6-7-14)10(15)12-5-4-8-2-3-9(11)16-8/h2-3,14H,4-7H2,1H3,(H,12,15). The van der Waals surface area contributed by atoms with E-state index in [2.05, 4.69) is 5.32 Å². The van der Waals surface area contributed by atoms with Gasteiger partial charge in [-0.1, -0.05) is 11.6 Å². The Labute approximate surface area is 104 Å². The third-order valence-corrected chi connectivity index (χ3v) is 3.35. The van der Waals surface area contributed by atoms with E-state index in [1.165, 1.54) is 16.2 Å². The average Bonchev–Trinajstić information content (AvgIpc) is 2.64. The summed E-state index contributed by atoms with van der Waals surface area (Å²) in [6, 6.07) is 3.63. The fraction of sp³-hybridized carbons (Fsp3) is 0.500. The minimum absolute atomic E-state index is 0.0234. The number of nitrogens with zero attached hydrogens (tertiary/aromatic N) is 1. The Morgan fingerprint density at radius 3 is 2.94 bits per heavy atom. The number of hydrogen-bond acceptors (Lipinski definition) is 3. The van der Waals surface area contributed by atoms with Gasteiger partial charge < -0.3 is 15.3 Å². The summed E-state index contributed by atoms with van der Waals surface area (Å²) in [5.74, 6) is 0. The average molecular weight is 263 g/mol. The molecular weight excluding hydrogens is 248 g/mol. The van der Waals surface area contributed by atoms with Crippen molar-refractivity contribution in [3.8, 4) is 0 Å². The molecule has 0 aliphatic rings. The Morgan fingerprint density at radius 2 is 2.38 bits per heavy atom. The van der Waals surface area contributed by atoms with Crippen LogP contribution in [0.2, 0.25) is 4.34 Å². The lowest BCUT2D eigenvalue weighted by Gasteiger charge is -2.16. The molecule has 0 unspecified atom stereocenters. The highest BCUT2D eigenvalue weighted by molar-refractivity contribution is 7.16. The molecule has 0 bridgehead atoms. The van der Waals surface area contributed by atoms with Gasteiger partial charge in [0, 0.05) is 25.0 Å². The minimum Gasteiger partial charge on any atom is -0.395 e. The quantitative estimate of drug-likeness (QED) is 0.847. The Kier molecular flexibility index (Phi) is 5.59. The van der Waals surface area contributed by atoms with Gasteiger partial charge in [0.2, 0.25) is 0 Å². The Bertz CT molecular complexity index is 343. The van der Waals surface area contributed by atoms with Gasteiger partial charge in [-0.3, -0.25) is 0 Å². The second-order valence-corrected chi connectivity index (χ2v) is 5.13. The zero-order valence-electron chi connectivity index (χ0n) is 9.07. The van der Waals surface area contributed by atoms with Crippen molar-refractivity contribution < 1.29 is 9.90 Å². The lowest BCUT2D eigenvalue weighted by molar-refractivity contribution is 0.190. The van der Waals surface area contributed by atoms with Gasteiger partial charge in [-0.05, 0) is 18.6 Å². The predicted molar refractivity (Wildman–Crippen MR) is 66.1 cm³/mol. The van der Waals surface area contributed by atoms with Crippen LogP contribution in [-0.4, -0.2) is 42.8 Å². The second-order valence-electron chi connectivity index (χ2n) is 3.33. The fourth-order valence-electron chi connectivity index (χ4n) is 1.17. The number of likely N-dealkylation sites (N-methyl/N-ethyl adjacent to an activating group) is 1. The van der Waals surface area contributed by atoms with E-state index >= 15 is 0 Å². The highest BCUT2D eigenvalue weighted by Crippen LogP contribution is 2.21. The van der Waals surface area contributed by atoms with Crippen molar-refractivity contribution in [1.82, 2.24) is 10.2 Å². The molecule has 0 aliphatic carbocycles. The number of urea groups is 1. The van der Waals surface area contributed by atoms with Crippen LogP contribution in [0.25, 0.3) is 0 Å². The van der Waals surface area contributed by atoms with Gasteiger partial charge in [-0.25, -0.2) is 4.79 Å². The summed E-state index contributed by atoms with van der Waals surface area (Å²) >= 11 is 7.31. The Balaban J connectivity index is 2.22. The number of thiophene rings is 1. The topological polar surface area (TPSA) is 52.6 Å². The first-order valence-electron chi connectivity index (χ1n) is 4.97. The number of aliphatic hydroxyl groups is 1. The van der Waals surface area contributed by atoms with E-state index in [4.69, 9.17) is 16.7 Å². The normalized spacial score (nSPS) is 10.2. The molecule has 0 fully saturated rings. The van der Waals surface area contributed by atoms with Crippen LogP contribution in [0.3, 0.4) is 0 Å². The number of halogens is 1. The summed E-state index contributed by atoms with van der Waals surface area (Å²) in [5.41, 5.74) is 0. The van der Waals surface area contributed by atoms with E-state index < -0.39 is 0 Å². The van der Waals surface area contributed by atoms with Crippen LogP contribution in [0.5, 0.6) is 0 Å². The molecule has 2 amide bonds. The predicted octanol–water partition coefficient (Wildman–Crippen LogP) is 1.58. The van der Waals surface area contributed by atoms with Crippen molar-refractivity contribution in [2.24, 2.45) is 0 Å². The summed E-state index contributed by atoms with van der Waals surface area (Å²) in [7, 11) is 1.65. The van der Waals surface area contributed by atoms with E-state index in [-0.39, 0.29) is 12.6 Å². The zero-order chi connectivity index (χ0) is 12.0. The maximum atomic E-state index is 11.4. The first-order chi connectivity index (χ1) is 7.63. The van der Waals surface area contributed by atoms with Gasteiger partial charge in [0.25, 0.3) is 0 Å². The van der Waals surface area contributed by atoms with Crippen molar-refractivity contribution in [2.45, 2.75) is 6.42 Å². The van der Waals surface area contributed by atoms with Crippen LogP contribution in [-0.2, 0) is 6.42 Å². The van der Waals surface area contributed by atoms with Crippen LogP contribution < -0.4 is 5.32 Å². The molecule has 0 radical (unpaired) electrons. The number of aliphatic hydroxyl groups excluding tert-OH is 1. The van der Waals surface area contributed by atoms with Gasteiger partial charge in [0.05, 0.1) is 10.9 Å². The zero-order valence-corrected chi connectivity index (χ0v) is 10.6. The van der Waals surface area contributed by atoms with Crippen molar-refractivity contribution in [1.29, 1.82) is 0 Å². The minimum atomic E-state index is -0.170. The first-order valence-corrected chi connectivity index (χ1v) is 6.17. The van der Waals surface area contributed by atoms with Crippen molar-refractivity contribution in [2.75, 3.05) is 26.7 Å². The van der Waals surface area contributed by atoms with E-state index in [1.54, 1.807) is 7.05 Å². The number of carbonyl (C=O) groups is 1. The highest BCUT2D eigenvalue weighted by atomic mass is 35.5. The molecule has 90 valence electrons. The summed E-state index contributed by atoms with van der Waals surface area (Å²) in [6.45, 7) is 0.895. The molecular formula is C10H15ClN2O2S. The summed E-state index contributed by atoms with van der Waals surface area (Å²) < 4.78 is 0.763. The lowest BCUT2D eigenvalue weighted by atomic mass is 10.3. The lowest BCUT2D eigenvalue weighted by Crippen LogP contribution is -2.39. The van der Waals surface area contributed by atoms with Gasteiger partial charge >= 0.3 is 6.03 Å². The molecule has 16 heavy (non-hydrogen) atoms. The molecule has 1 heterocycles. The van der Waals surface area contributed by atoms with Crippen LogP contribution in [0.15, 0.2) is 12.1 Å². The maximum Gasteiger partial charge on any atom is 0.317 e. The van der Waals surface area contributed by atoms with Crippen LogP contribution in [0.4, 0.5) is 4.79 Å². The third kappa shape index (κ3) is 4.38. The Morgan fingerprint density at radius 1 is 1.62 bits per heavy atom. The smallest absolute Gasteiger partial charge is 0.317 e. The van der Waals surface area contributed by atoms with Crippen LogP contribution >= 0.6 is 22.9 Å². The van der Waals surface area contributed by atoms with Crippen molar-refractivity contribution in [3.63, 3.8) is 0 Å².